The van der Waals surface area contributed by atoms with Crippen molar-refractivity contribution in [1.29, 1.82) is 0 Å². The number of aryl methyl sites for hydroxylation is 1. The molecule has 1 aliphatic heterocycles. The lowest BCUT2D eigenvalue weighted by Gasteiger charge is -2.20. The molecule has 1 aliphatic rings. The number of nitrogens with zero attached hydrogens (tertiary/aromatic N) is 1. The summed E-state index contributed by atoms with van der Waals surface area (Å²) in [5.41, 5.74) is 0.386. The maximum atomic E-state index is 12.2. The van der Waals surface area contributed by atoms with Crippen LogP contribution in [-0.4, -0.2) is 42.1 Å². The molecule has 1 N–H and O–H groups in total. The molecule has 0 radical (unpaired) electrons. The third kappa shape index (κ3) is 3.78. The van der Waals surface area contributed by atoms with Crippen LogP contribution in [0.2, 0.25) is 0 Å². The molecule has 1 aromatic carbocycles. The second-order valence-corrected chi connectivity index (χ2v) is 6.13. The molecule has 1 heterocycles. The Morgan fingerprint density at radius 2 is 2.00 bits per heavy atom. The SMILES string of the molecule is COc1ccc(CCCC(=O)N2CC[C@@](C)(C(=O)O)C2)cc1. The molecule has 0 saturated carbocycles. The monoisotopic (exact) mass is 305 g/mol. The minimum atomic E-state index is -0.818. The molecule has 1 atom stereocenters. The van der Waals surface area contributed by atoms with Crippen molar-refractivity contribution >= 4 is 11.9 Å². The molecule has 1 aromatic rings. The number of carbonyl (C=O) groups is 2. The number of benzene rings is 1. The predicted molar refractivity (Wildman–Crippen MR) is 82.9 cm³/mol. The van der Waals surface area contributed by atoms with Crippen molar-refractivity contribution in [2.75, 3.05) is 20.2 Å². The zero-order valence-electron chi connectivity index (χ0n) is 13.2. The number of likely N-dealkylation sites (tertiary alicyclic amines) is 1. The smallest absolute Gasteiger partial charge is 0.311 e. The van der Waals surface area contributed by atoms with E-state index in [1.165, 1.54) is 5.56 Å². The highest BCUT2D eigenvalue weighted by molar-refractivity contribution is 5.80. The topological polar surface area (TPSA) is 66.8 Å². The summed E-state index contributed by atoms with van der Waals surface area (Å²) in [5, 5.41) is 9.19. The van der Waals surface area contributed by atoms with E-state index in [0.717, 1.165) is 18.6 Å². The minimum Gasteiger partial charge on any atom is -0.497 e. The molecule has 0 aromatic heterocycles. The lowest BCUT2D eigenvalue weighted by Crippen LogP contribution is -2.34. The van der Waals surface area contributed by atoms with E-state index in [1.807, 2.05) is 24.3 Å². The van der Waals surface area contributed by atoms with E-state index in [1.54, 1.807) is 18.9 Å². The molecule has 5 heteroatoms. The van der Waals surface area contributed by atoms with Gasteiger partial charge in [-0.2, -0.15) is 0 Å². The summed E-state index contributed by atoms with van der Waals surface area (Å²) < 4.78 is 5.11. The Morgan fingerprint density at radius 1 is 1.32 bits per heavy atom. The summed E-state index contributed by atoms with van der Waals surface area (Å²) in [6, 6.07) is 7.83. The summed E-state index contributed by atoms with van der Waals surface area (Å²) in [6.45, 7) is 2.58. The Morgan fingerprint density at radius 3 is 2.55 bits per heavy atom. The highest BCUT2D eigenvalue weighted by atomic mass is 16.5. The molecular formula is C17H23NO4. The molecule has 120 valence electrons. The number of methoxy groups -OCH3 is 1. The van der Waals surface area contributed by atoms with Gasteiger partial charge in [0.15, 0.2) is 0 Å². The van der Waals surface area contributed by atoms with Crippen LogP contribution in [0.1, 0.15) is 31.7 Å². The van der Waals surface area contributed by atoms with E-state index in [0.29, 0.717) is 25.9 Å². The van der Waals surface area contributed by atoms with E-state index in [4.69, 9.17) is 4.74 Å². The molecule has 1 saturated heterocycles. The zero-order valence-corrected chi connectivity index (χ0v) is 13.2. The van der Waals surface area contributed by atoms with Crippen LogP contribution in [0.15, 0.2) is 24.3 Å². The fourth-order valence-electron chi connectivity index (χ4n) is 2.74. The molecular weight excluding hydrogens is 282 g/mol. The van der Waals surface area contributed by atoms with Gasteiger partial charge in [-0.1, -0.05) is 12.1 Å². The van der Waals surface area contributed by atoms with Gasteiger partial charge in [-0.05, 0) is 43.9 Å². The number of hydrogen-bond donors (Lipinski definition) is 1. The summed E-state index contributed by atoms with van der Waals surface area (Å²) in [7, 11) is 1.63. The lowest BCUT2D eigenvalue weighted by atomic mass is 9.90. The highest BCUT2D eigenvalue weighted by Crippen LogP contribution is 2.30. The van der Waals surface area contributed by atoms with Gasteiger partial charge >= 0.3 is 5.97 Å². The molecule has 1 fully saturated rings. The van der Waals surface area contributed by atoms with E-state index >= 15 is 0 Å². The van der Waals surface area contributed by atoms with Crippen molar-refractivity contribution in [3.05, 3.63) is 29.8 Å². The molecule has 0 aliphatic carbocycles. The standard InChI is InChI=1S/C17H23NO4/c1-17(16(20)21)10-11-18(12-17)15(19)5-3-4-13-6-8-14(22-2)9-7-13/h6-9H,3-5,10-12H2,1-2H3,(H,20,21)/t17-/m1/s1. The van der Waals surface area contributed by atoms with Crippen molar-refractivity contribution in [2.45, 2.75) is 32.6 Å². The number of carbonyl (C=O) groups excluding carboxylic acids is 1. The van der Waals surface area contributed by atoms with E-state index < -0.39 is 11.4 Å². The largest absolute Gasteiger partial charge is 0.497 e. The van der Waals surface area contributed by atoms with Gasteiger partial charge in [0.1, 0.15) is 5.75 Å². The van der Waals surface area contributed by atoms with Gasteiger partial charge in [0.25, 0.3) is 0 Å². The van der Waals surface area contributed by atoms with Gasteiger partial charge < -0.3 is 14.7 Å². The highest BCUT2D eigenvalue weighted by Gasteiger charge is 2.41. The van der Waals surface area contributed by atoms with Gasteiger partial charge in [0.2, 0.25) is 5.91 Å². The van der Waals surface area contributed by atoms with Crippen LogP contribution < -0.4 is 4.74 Å². The number of aliphatic carboxylic acids is 1. The molecule has 5 nitrogen and oxygen atoms in total. The number of amides is 1. The second-order valence-electron chi connectivity index (χ2n) is 6.13. The third-order valence-corrected chi connectivity index (χ3v) is 4.36. The minimum absolute atomic E-state index is 0.0542. The zero-order chi connectivity index (χ0) is 16.2. The summed E-state index contributed by atoms with van der Waals surface area (Å²) in [4.78, 5) is 25.0. The third-order valence-electron chi connectivity index (χ3n) is 4.36. The number of carboxylic acids is 1. The number of hydrogen-bond acceptors (Lipinski definition) is 3. The van der Waals surface area contributed by atoms with Crippen molar-refractivity contribution < 1.29 is 19.4 Å². The van der Waals surface area contributed by atoms with Crippen molar-refractivity contribution in [3.8, 4) is 5.75 Å². The molecule has 22 heavy (non-hydrogen) atoms. The average molecular weight is 305 g/mol. The molecule has 0 spiro atoms. The summed E-state index contributed by atoms with van der Waals surface area (Å²) >= 11 is 0. The Balaban J connectivity index is 1.77. The first-order valence-corrected chi connectivity index (χ1v) is 7.59. The van der Waals surface area contributed by atoms with Crippen LogP contribution in [0, 0.1) is 5.41 Å². The Kier molecular flexibility index (Phi) is 5.06. The predicted octanol–water partition coefficient (Wildman–Crippen LogP) is 2.34. The van der Waals surface area contributed by atoms with Crippen LogP contribution in [0.5, 0.6) is 5.75 Å². The Labute approximate surface area is 130 Å². The van der Waals surface area contributed by atoms with Crippen LogP contribution in [-0.2, 0) is 16.0 Å². The summed E-state index contributed by atoms with van der Waals surface area (Å²) in [6.07, 6.45) is 2.60. The van der Waals surface area contributed by atoms with Crippen molar-refractivity contribution in [1.82, 2.24) is 4.90 Å². The van der Waals surface area contributed by atoms with E-state index in [-0.39, 0.29) is 5.91 Å². The second kappa shape index (κ2) is 6.81. The first-order valence-electron chi connectivity index (χ1n) is 7.59. The fourth-order valence-corrected chi connectivity index (χ4v) is 2.74. The maximum absolute atomic E-state index is 12.2. The lowest BCUT2D eigenvalue weighted by molar-refractivity contribution is -0.147. The van der Waals surface area contributed by atoms with Crippen molar-refractivity contribution in [3.63, 3.8) is 0 Å². The van der Waals surface area contributed by atoms with Crippen LogP contribution >= 0.6 is 0 Å². The average Bonchev–Trinajstić information content (AvgIpc) is 2.92. The Hall–Kier alpha value is -2.04. The maximum Gasteiger partial charge on any atom is 0.311 e. The van der Waals surface area contributed by atoms with Gasteiger partial charge in [-0.3, -0.25) is 9.59 Å². The summed E-state index contributed by atoms with van der Waals surface area (Å²) in [5.74, 6) is 0.0596. The van der Waals surface area contributed by atoms with Gasteiger partial charge in [-0.25, -0.2) is 0 Å². The van der Waals surface area contributed by atoms with E-state index in [9.17, 15) is 14.7 Å². The van der Waals surface area contributed by atoms with Gasteiger partial charge in [0.05, 0.1) is 12.5 Å². The van der Waals surface area contributed by atoms with E-state index in [2.05, 4.69) is 0 Å². The van der Waals surface area contributed by atoms with Crippen LogP contribution in [0.3, 0.4) is 0 Å². The quantitative estimate of drug-likeness (QED) is 0.876. The van der Waals surface area contributed by atoms with Gasteiger partial charge in [0, 0.05) is 19.5 Å². The normalized spacial score (nSPS) is 20.9. The van der Waals surface area contributed by atoms with Crippen LogP contribution in [0.4, 0.5) is 0 Å². The molecule has 1 amide bonds. The first kappa shape index (κ1) is 16.3. The molecule has 2 rings (SSSR count). The first-order chi connectivity index (χ1) is 10.4. The number of rotatable bonds is 6. The number of ether oxygens (including phenoxy) is 1. The Bertz CT molecular complexity index is 540. The van der Waals surface area contributed by atoms with Crippen molar-refractivity contribution in [2.24, 2.45) is 5.41 Å². The number of carboxylic acid groups (broad SMARTS) is 1. The molecule has 0 unspecified atom stereocenters. The fraction of sp³-hybridized carbons (Fsp3) is 0.529. The molecule has 0 bridgehead atoms. The van der Waals surface area contributed by atoms with Crippen LogP contribution in [0.25, 0.3) is 0 Å². The van der Waals surface area contributed by atoms with Gasteiger partial charge in [-0.15, -0.1) is 0 Å².